The Morgan fingerprint density at radius 2 is 1.80 bits per heavy atom. The molecule has 0 spiro atoms. The van der Waals surface area contributed by atoms with E-state index in [1.54, 1.807) is 6.42 Å². The van der Waals surface area contributed by atoms with Crippen LogP contribution in [0.3, 0.4) is 0 Å². The summed E-state index contributed by atoms with van der Waals surface area (Å²) in [6.45, 7) is 2.31. The van der Waals surface area contributed by atoms with E-state index in [-0.39, 0.29) is 0 Å². The van der Waals surface area contributed by atoms with Crippen LogP contribution in [0.15, 0.2) is 0 Å². The molecule has 2 aliphatic rings. The van der Waals surface area contributed by atoms with Crippen molar-refractivity contribution in [1.29, 1.82) is 0 Å². The van der Waals surface area contributed by atoms with Gasteiger partial charge in [-0.3, -0.25) is 0 Å². The van der Waals surface area contributed by atoms with E-state index in [4.69, 9.17) is 0 Å². The number of hydrogen-bond donors (Lipinski definition) is 1. The Morgan fingerprint density at radius 1 is 1.20 bits per heavy atom. The van der Waals surface area contributed by atoms with Crippen LogP contribution in [0.2, 0.25) is 0 Å². The minimum atomic E-state index is 0.757. The van der Waals surface area contributed by atoms with Gasteiger partial charge in [-0.2, -0.15) is 0 Å². The number of rotatable bonds is 2. The van der Waals surface area contributed by atoms with Crippen molar-refractivity contribution in [2.24, 2.45) is 17.8 Å². The minimum Gasteiger partial charge on any atom is -0.317 e. The lowest BCUT2D eigenvalue weighted by molar-refractivity contribution is 0.373. The van der Waals surface area contributed by atoms with Crippen LogP contribution >= 0.6 is 0 Å². The fraction of sp³-hybridized carbons (Fsp3) is 1.00. The van der Waals surface area contributed by atoms with Gasteiger partial charge >= 0.3 is 0 Å². The molecule has 1 nitrogen and oxygen atoms in total. The van der Waals surface area contributed by atoms with Crippen molar-refractivity contribution in [1.82, 2.24) is 5.32 Å². The fourth-order valence-electron chi connectivity index (χ4n) is 2.41. The van der Waals surface area contributed by atoms with Crippen LogP contribution in [0.25, 0.3) is 0 Å². The van der Waals surface area contributed by atoms with Crippen LogP contribution in [-0.4, -0.2) is 13.1 Å². The molecule has 0 aromatic carbocycles. The van der Waals surface area contributed by atoms with Crippen molar-refractivity contribution in [3.05, 3.63) is 0 Å². The summed E-state index contributed by atoms with van der Waals surface area (Å²) in [5, 5.41) is 3.35. The van der Waals surface area contributed by atoms with Gasteiger partial charge in [0.25, 0.3) is 0 Å². The Bertz CT molecular complexity index is 123. The lowest BCUT2D eigenvalue weighted by Crippen LogP contribution is -2.29. The highest BCUT2D eigenvalue weighted by Gasteiger charge is 2.46. The Morgan fingerprint density at radius 3 is 2.30 bits per heavy atom. The Kier molecular flexibility index (Phi) is 1.48. The zero-order valence-electron chi connectivity index (χ0n) is 6.93. The van der Waals surface area contributed by atoms with Gasteiger partial charge in [0.05, 0.1) is 0 Å². The SMILES string of the molecule is CNC(C)C1CC2CC2C1. The third kappa shape index (κ3) is 0.968. The van der Waals surface area contributed by atoms with Crippen molar-refractivity contribution in [3.63, 3.8) is 0 Å². The average Bonchev–Trinajstić information content (AvgIpc) is 2.57. The summed E-state index contributed by atoms with van der Waals surface area (Å²) in [7, 11) is 2.08. The van der Waals surface area contributed by atoms with Gasteiger partial charge in [-0.25, -0.2) is 0 Å². The predicted octanol–water partition coefficient (Wildman–Crippen LogP) is 1.64. The van der Waals surface area contributed by atoms with Gasteiger partial charge in [0.2, 0.25) is 0 Å². The van der Waals surface area contributed by atoms with E-state index < -0.39 is 0 Å². The molecule has 58 valence electrons. The Balaban J connectivity index is 1.84. The molecular formula is C9H17N. The van der Waals surface area contributed by atoms with Crippen LogP contribution in [-0.2, 0) is 0 Å². The molecule has 2 rings (SSSR count). The molecule has 2 fully saturated rings. The zero-order valence-corrected chi connectivity index (χ0v) is 6.93. The van der Waals surface area contributed by atoms with Crippen LogP contribution < -0.4 is 5.32 Å². The van der Waals surface area contributed by atoms with Crippen molar-refractivity contribution in [2.45, 2.75) is 32.2 Å². The fourth-order valence-corrected chi connectivity index (χ4v) is 2.41. The first-order valence-electron chi connectivity index (χ1n) is 4.48. The first kappa shape index (κ1) is 6.66. The Labute approximate surface area is 63.2 Å². The molecule has 0 aromatic rings. The predicted molar refractivity (Wildman–Crippen MR) is 42.8 cm³/mol. The molecule has 0 aliphatic heterocycles. The standard InChI is InChI=1S/C9H17N/c1-6(10-2)7-3-8-5-9(8)4-7/h6-10H,3-5H2,1-2H3. The normalized spacial score (nSPS) is 46.8. The molecule has 3 atom stereocenters. The smallest absolute Gasteiger partial charge is 0.00642 e. The van der Waals surface area contributed by atoms with Gasteiger partial charge in [-0.1, -0.05) is 0 Å². The van der Waals surface area contributed by atoms with E-state index in [1.165, 1.54) is 12.8 Å². The molecule has 1 N–H and O–H groups in total. The summed E-state index contributed by atoms with van der Waals surface area (Å²) in [5.74, 6) is 3.27. The van der Waals surface area contributed by atoms with Crippen LogP contribution in [0.1, 0.15) is 26.2 Å². The zero-order chi connectivity index (χ0) is 7.14. The van der Waals surface area contributed by atoms with E-state index in [2.05, 4.69) is 19.3 Å². The first-order valence-corrected chi connectivity index (χ1v) is 4.48. The Hall–Kier alpha value is -0.0400. The van der Waals surface area contributed by atoms with Crippen molar-refractivity contribution >= 4 is 0 Å². The molecule has 0 amide bonds. The number of nitrogens with one attached hydrogen (secondary N) is 1. The van der Waals surface area contributed by atoms with Gasteiger partial charge in [0, 0.05) is 6.04 Å². The molecule has 0 aromatic heterocycles. The van der Waals surface area contributed by atoms with Gasteiger partial charge in [-0.15, -0.1) is 0 Å². The van der Waals surface area contributed by atoms with Crippen LogP contribution in [0.4, 0.5) is 0 Å². The van der Waals surface area contributed by atoms with Gasteiger partial charge < -0.3 is 5.32 Å². The number of fused-ring (bicyclic) bond motifs is 1. The molecular weight excluding hydrogens is 122 g/mol. The van der Waals surface area contributed by atoms with Crippen LogP contribution in [0.5, 0.6) is 0 Å². The average molecular weight is 139 g/mol. The second-order valence-electron chi connectivity index (χ2n) is 4.06. The number of hydrogen-bond acceptors (Lipinski definition) is 1. The molecule has 0 heterocycles. The molecule has 0 bridgehead atoms. The summed E-state index contributed by atoms with van der Waals surface area (Å²) in [5.41, 5.74) is 0. The van der Waals surface area contributed by atoms with E-state index in [0.29, 0.717) is 0 Å². The highest BCUT2D eigenvalue weighted by atomic mass is 14.9. The molecule has 2 saturated carbocycles. The molecule has 10 heavy (non-hydrogen) atoms. The largest absolute Gasteiger partial charge is 0.317 e. The summed E-state index contributed by atoms with van der Waals surface area (Å²) in [6.07, 6.45) is 4.56. The van der Waals surface area contributed by atoms with E-state index in [9.17, 15) is 0 Å². The van der Waals surface area contributed by atoms with Crippen molar-refractivity contribution < 1.29 is 0 Å². The van der Waals surface area contributed by atoms with Crippen LogP contribution in [0, 0.1) is 17.8 Å². The molecule has 3 unspecified atom stereocenters. The lowest BCUT2D eigenvalue weighted by Gasteiger charge is -2.19. The third-order valence-electron chi connectivity index (χ3n) is 3.44. The maximum Gasteiger partial charge on any atom is 0.00642 e. The summed E-state index contributed by atoms with van der Waals surface area (Å²) in [4.78, 5) is 0. The summed E-state index contributed by atoms with van der Waals surface area (Å²) < 4.78 is 0. The monoisotopic (exact) mass is 139 g/mol. The second-order valence-corrected chi connectivity index (χ2v) is 4.06. The highest BCUT2D eigenvalue weighted by Crippen LogP contribution is 2.54. The lowest BCUT2D eigenvalue weighted by atomic mass is 9.96. The van der Waals surface area contributed by atoms with Crippen molar-refractivity contribution in [2.75, 3.05) is 7.05 Å². The first-order chi connectivity index (χ1) is 4.81. The van der Waals surface area contributed by atoms with E-state index >= 15 is 0 Å². The van der Waals surface area contributed by atoms with E-state index in [1.807, 2.05) is 0 Å². The van der Waals surface area contributed by atoms with Gasteiger partial charge in [0.15, 0.2) is 0 Å². The van der Waals surface area contributed by atoms with E-state index in [0.717, 1.165) is 23.8 Å². The topological polar surface area (TPSA) is 12.0 Å². The second kappa shape index (κ2) is 2.23. The molecule has 0 radical (unpaired) electrons. The quantitative estimate of drug-likeness (QED) is 0.613. The van der Waals surface area contributed by atoms with Gasteiger partial charge in [-0.05, 0) is 51.0 Å². The minimum absolute atomic E-state index is 0.757. The molecule has 1 heteroatoms. The maximum absolute atomic E-state index is 3.35. The maximum atomic E-state index is 3.35. The van der Waals surface area contributed by atoms with Crippen molar-refractivity contribution in [3.8, 4) is 0 Å². The molecule has 2 aliphatic carbocycles. The molecule has 0 saturated heterocycles. The van der Waals surface area contributed by atoms with Gasteiger partial charge in [0.1, 0.15) is 0 Å². The summed E-state index contributed by atoms with van der Waals surface area (Å²) >= 11 is 0. The third-order valence-corrected chi connectivity index (χ3v) is 3.44. The summed E-state index contributed by atoms with van der Waals surface area (Å²) in [6, 6.07) is 0.757. The highest BCUT2D eigenvalue weighted by molar-refractivity contribution is 4.98.